The molecule has 0 aromatic heterocycles. The Morgan fingerprint density at radius 2 is 2.06 bits per heavy atom. The van der Waals surface area contributed by atoms with Gasteiger partial charge in [-0.25, -0.2) is 0 Å². The van der Waals surface area contributed by atoms with E-state index in [1.807, 2.05) is 6.07 Å². The van der Waals surface area contributed by atoms with Crippen LogP contribution in [0.4, 0.5) is 0 Å². The first kappa shape index (κ1) is 13.4. The number of rotatable bonds is 4. The molecule has 17 heavy (non-hydrogen) atoms. The lowest BCUT2D eigenvalue weighted by molar-refractivity contribution is 0.184. The average molecular weight is 363 g/mol. The van der Waals surface area contributed by atoms with Crippen LogP contribution in [0.15, 0.2) is 21.1 Å². The minimum Gasteiger partial charge on any atom is -0.487 e. The summed E-state index contributed by atoms with van der Waals surface area (Å²) in [6, 6.07) is 4.50. The summed E-state index contributed by atoms with van der Waals surface area (Å²) < 4.78 is 8.14. The number of benzene rings is 1. The molecule has 2 rings (SSSR count). The zero-order valence-corrected chi connectivity index (χ0v) is 13.3. The number of ether oxygens (including phenoxy) is 1. The number of hydrogen-bond acceptors (Lipinski definition) is 2. The van der Waals surface area contributed by atoms with E-state index in [9.17, 15) is 0 Å². The van der Waals surface area contributed by atoms with Gasteiger partial charge < -0.3 is 10.1 Å². The van der Waals surface area contributed by atoms with E-state index in [-0.39, 0.29) is 6.10 Å². The molecule has 0 fully saturated rings. The van der Waals surface area contributed by atoms with Gasteiger partial charge in [-0.2, -0.15) is 0 Å². The third kappa shape index (κ3) is 2.69. The van der Waals surface area contributed by atoms with Crippen molar-refractivity contribution in [3.8, 4) is 5.75 Å². The number of fused-ring (bicyclic) bond motifs is 1. The summed E-state index contributed by atoms with van der Waals surface area (Å²) in [5.74, 6) is 0.994. The highest BCUT2D eigenvalue weighted by Crippen LogP contribution is 2.44. The zero-order chi connectivity index (χ0) is 12.4. The number of halogens is 2. The maximum atomic E-state index is 6.02. The molecule has 0 aliphatic carbocycles. The second-order valence-electron chi connectivity index (χ2n) is 4.30. The van der Waals surface area contributed by atoms with E-state index >= 15 is 0 Å². The predicted molar refractivity (Wildman–Crippen MR) is 77.6 cm³/mol. The van der Waals surface area contributed by atoms with Gasteiger partial charge in [0.1, 0.15) is 11.9 Å². The van der Waals surface area contributed by atoms with Crippen LogP contribution in [0.1, 0.15) is 38.3 Å². The monoisotopic (exact) mass is 361 g/mol. The minimum absolute atomic E-state index is 0.238. The van der Waals surface area contributed by atoms with Crippen LogP contribution in [-0.4, -0.2) is 12.6 Å². The van der Waals surface area contributed by atoms with Gasteiger partial charge in [0, 0.05) is 10.0 Å². The lowest BCUT2D eigenvalue weighted by Crippen LogP contribution is -2.31. The van der Waals surface area contributed by atoms with Crippen molar-refractivity contribution < 1.29 is 4.74 Å². The van der Waals surface area contributed by atoms with Crippen molar-refractivity contribution >= 4 is 31.9 Å². The first-order valence-corrected chi connectivity index (χ1v) is 7.65. The molecule has 1 N–H and O–H groups in total. The topological polar surface area (TPSA) is 21.3 Å². The zero-order valence-electron chi connectivity index (χ0n) is 10.1. The SMILES string of the molecule is CCCNC1c2cc(Br)cc(Br)c2OC1CC. The van der Waals surface area contributed by atoms with E-state index in [1.54, 1.807) is 0 Å². The summed E-state index contributed by atoms with van der Waals surface area (Å²) in [5, 5.41) is 3.58. The fourth-order valence-electron chi connectivity index (χ4n) is 2.22. The van der Waals surface area contributed by atoms with Crippen LogP contribution in [0, 0.1) is 0 Å². The average Bonchev–Trinajstić information content (AvgIpc) is 2.64. The van der Waals surface area contributed by atoms with E-state index in [0.29, 0.717) is 6.04 Å². The van der Waals surface area contributed by atoms with E-state index in [4.69, 9.17) is 4.74 Å². The third-order valence-electron chi connectivity index (χ3n) is 3.03. The molecule has 0 spiro atoms. The highest BCUT2D eigenvalue weighted by Gasteiger charge is 2.34. The van der Waals surface area contributed by atoms with Gasteiger partial charge in [0.25, 0.3) is 0 Å². The Bertz CT molecular complexity index is 409. The molecule has 0 bridgehead atoms. The van der Waals surface area contributed by atoms with Crippen molar-refractivity contribution in [3.05, 3.63) is 26.6 Å². The summed E-state index contributed by atoms with van der Waals surface area (Å²) in [6.45, 7) is 5.37. The summed E-state index contributed by atoms with van der Waals surface area (Å²) in [4.78, 5) is 0. The summed E-state index contributed by atoms with van der Waals surface area (Å²) in [6.07, 6.45) is 2.39. The van der Waals surface area contributed by atoms with Gasteiger partial charge in [0.05, 0.1) is 10.5 Å². The highest BCUT2D eigenvalue weighted by atomic mass is 79.9. The molecule has 1 aliphatic heterocycles. The van der Waals surface area contributed by atoms with Gasteiger partial charge in [0.15, 0.2) is 0 Å². The molecule has 1 aromatic carbocycles. The van der Waals surface area contributed by atoms with Gasteiger partial charge in [-0.3, -0.25) is 0 Å². The van der Waals surface area contributed by atoms with Crippen LogP contribution >= 0.6 is 31.9 Å². The van der Waals surface area contributed by atoms with E-state index in [1.165, 1.54) is 5.56 Å². The van der Waals surface area contributed by atoms with E-state index < -0.39 is 0 Å². The second kappa shape index (κ2) is 5.72. The summed E-state index contributed by atoms with van der Waals surface area (Å²) in [7, 11) is 0. The molecule has 0 radical (unpaired) electrons. The largest absolute Gasteiger partial charge is 0.487 e. The van der Waals surface area contributed by atoms with Crippen molar-refractivity contribution in [1.82, 2.24) is 5.32 Å². The van der Waals surface area contributed by atoms with Crippen LogP contribution < -0.4 is 10.1 Å². The Balaban J connectivity index is 2.33. The fourth-order valence-corrected chi connectivity index (χ4v) is 3.57. The van der Waals surface area contributed by atoms with Crippen molar-refractivity contribution in [2.24, 2.45) is 0 Å². The van der Waals surface area contributed by atoms with Crippen molar-refractivity contribution in [3.63, 3.8) is 0 Å². The molecule has 0 saturated heterocycles. The summed E-state index contributed by atoms with van der Waals surface area (Å²) >= 11 is 7.11. The molecule has 0 amide bonds. The quantitative estimate of drug-likeness (QED) is 0.855. The van der Waals surface area contributed by atoms with Crippen molar-refractivity contribution in [2.45, 2.75) is 38.8 Å². The molecule has 1 heterocycles. The van der Waals surface area contributed by atoms with Gasteiger partial charge in [-0.05, 0) is 47.4 Å². The maximum absolute atomic E-state index is 6.02. The normalized spacial score (nSPS) is 22.4. The lowest BCUT2D eigenvalue weighted by Gasteiger charge is -2.18. The van der Waals surface area contributed by atoms with Crippen LogP contribution in [0.2, 0.25) is 0 Å². The van der Waals surface area contributed by atoms with Gasteiger partial charge in [0.2, 0.25) is 0 Å². The van der Waals surface area contributed by atoms with Gasteiger partial charge in [-0.1, -0.05) is 29.8 Å². The molecule has 2 unspecified atom stereocenters. The molecular weight excluding hydrogens is 346 g/mol. The molecule has 0 saturated carbocycles. The third-order valence-corrected chi connectivity index (χ3v) is 4.08. The highest BCUT2D eigenvalue weighted by molar-refractivity contribution is 9.11. The van der Waals surface area contributed by atoms with Crippen molar-refractivity contribution in [2.75, 3.05) is 6.54 Å². The number of nitrogens with one attached hydrogen (secondary N) is 1. The molecule has 2 nitrogen and oxygen atoms in total. The molecular formula is C13H17Br2NO. The smallest absolute Gasteiger partial charge is 0.138 e. The molecule has 1 aromatic rings. The first-order valence-electron chi connectivity index (χ1n) is 6.06. The van der Waals surface area contributed by atoms with Gasteiger partial charge >= 0.3 is 0 Å². The predicted octanol–water partition coefficient (Wildman–Crippen LogP) is 4.42. The Morgan fingerprint density at radius 1 is 1.29 bits per heavy atom. The van der Waals surface area contributed by atoms with Crippen LogP contribution in [0.25, 0.3) is 0 Å². The second-order valence-corrected chi connectivity index (χ2v) is 6.07. The Morgan fingerprint density at radius 3 is 2.71 bits per heavy atom. The Hall–Kier alpha value is -0.0600. The summed E-state index contributed by atoms with van der Waals surface area (Å²) in [5.41, 5.74) is 1.26. The standard InChI is InChI=1S/C13H17Br2NO/c1-3-5-16-12-9-6-8(14)7-10(15)13(9)17-11(12)4-2/h6-7,11-12,16H,3-5H2,1-2H3. The molecule has 2 atom stereocenters. The van der Waals surface area contributed by atoms with Gasteiger partial charge in [-0.15, -0.1) is 0 Å². The number of hydrogen-bond donors (Lipinski definition) is 1. The van der Waals surface area contributed by atoms with Crippen molar-refractivity contribution in [1.29, 1.82) is 0 Å². The maximum Gasteiger partial charge on any atom is 0.138 e. The lowest BCUT2D eigenvalue weighted by atomic mass is 10.0. The molecule has 4 heteroatoms. The first-order chi connectivity index (χ1) is 8.17. The Labute approximate surface area is 119 Å². The molecule has 94 valence electrons. The van der Waals surface area contributed by atoms with E-state index in [0.717, 1.165) is 34.1 Å². The molecule has 1 aliphatic rings. The van der Waals surface area contributed by atoms with Crippen LogP contribution in [0.3, 0.4) is 0 Å². The Kier molecular flexibility index (Phi) is 4.50. The van der Waals surface area contributed by atoms with E-state index in [2.05, 4.69) is 57.1 Å². The van der Waals surface area contributed by atoms with Crippen LogP contribution in [-0.2, 0) is 0 Å². The minimum atomic E-state index is 0.238. The van der Waals surface area contributed by atoms with Crippen LogP contribution in [0.5, 0.6) is 5.75 Å². The fraction of sp³-hybridized carbons (Fsp3) is 0.538.